The van der Waals surface area contributed by atoms with Crippen LogP contribution >= 0.6 is 0 Å². The van der Waals surface area contributed by atoms with Gasteiger partial charge in [0, 0.05) is 6.54 Å². The lowest BCUT2D eigenvalue weighted by molar-refractivity contribution is -0.671. The summed E-state index contributed by atoms with van der Waals surface area (Å²) in [6, 6.07) is 0. The second-order valence-corrected chi connectivity index (χ2v) is 2.33. The van der Waals surface area contributed by atoms with E-state index in [2.05, 4.69) is 4.57 Å². The molecule has 0 bridgehead atoms. The van der Waals surface area contributed by atoms with E-state index in [1.807, 2.05) is 30.3 Å². The fourth-order valence-electron chi connectivity index (χ4n) is 0.783. The van der Waals surface area contributed by atoms with Gasteiger partial charge in [-0.05, 0) is 0 Å². The Morgan fingerprint density at radius 1 is 1.62 bits per heavy atom. The minimum absolute atomic E-state index is 0.703. The molecule has 0 fully saturated rings. The van der Waals surface area contributed by atoms with Gasteiger partial charge in [-0.3, -0.25) is 0 Å². The molecule has 0 saturated carbocycles. The van der Waals surface area contributed by atoms with Crippen LogP contribution in [0.3, 0.4) is 0 Å². The molecule has 2 N–H and O–H groups in total. The van der Waals surface area contributed by atoms with Crippen LogP contribution < -0.4 is 10.3 Å². The SMILES string of the molecule is C[n+]1ccn(CCN)c1.O=[N+]([O-])[O-]. The molecule has 7 heteroatoms. The summed E-state index contributed by atoms with van der Waals surface area (Å²) in [5, 5.41) is 14.8. The van der Waals surface area contributed by atoms with Crippen molar-refractivity contribution in [2.45, 2.75) is 6.54 Å². The highest BCUT2D eigenvalue weighted by molar-refractivity contribution is 4.65. The van der Waals surface area contributed by atoms with E-state index in [0.29, 0.717) is 6.54 Å². The summed E-state index contributed by atoms with van der Waals surface area (Å²) in [6.07, 6.45) is 6.01. The Hall–Kier alpha value is -1.63. The van der Waals surface area contributed by atoms with E-state index in [0.717, 1.165) is 6.54 Å². The second kappa shape index (κ2) is 5.95. The summed E-state index contributed by atoms with van der Waals surface area (Å²) in [7, 11) is 1.99. The summed E-state index contributed by atoms with van der Waals surface area (Å²) in [4.78, 5) is 8.25. The first-order valence-electron chi connectivity index (χ1n) is 3.59. The van der Waals surface area contributed by atoms with Gasteiger partial charge in [0.25, 0.3) is 0 Å². The van der Waals surface area contributed by atoms with E-state index in [-0.39, 0.29) is 0 Å². The molecule has 0 aromatic carbocycles. The van der Waals surface area contributed by atoms with Gasteiger partial charge in [-0.15, -0.1) is 0 Å². The van der Waals surface area contributed by atoms with Crippen molar-refractivity contribution in [1.82, 2.24) is 4.57 Å². The minimum Gasteiger partial charge on any atom is -0.356 e. The number of hydrogen-bond acceptors (Lipinski definition) is 4. The molecule has 13 heavy (non-hydrogen) atoms. The Morgan fingerprint density at radius 3 is 2.46 bits per heavy atom. The number of hydrogen-bond donors (Lipinski definition) is 1. The number of aromatic nitrogens is 2. The lowest BCUT2D eigenvalue weighted by Crippen LogP contribution is -2.24. The molecular formula is C6H12N4O3. The molecule has 1 aromatic heterocycles. The molecule has 1 rings (SSSR count). The minimum atomic E-state index is -1.75. The molecule has 74 valence electrons. The van der Waals surface area contributed by atoms with Crippen molar-refractivity contribution in [3.8, 4) is 0 Å². The van der Waals surface area contributed by atoms with E-state index in [1.54, 1.807) is 0 Å². The van der Waals surface area contributed by atoms with Crippen LogP contribution in [0, 0.1) is 15.3 Å². The Balaban J connectivity index is 0.000000310. The van der Waals surface area contributed by atoms with Gasteiger partial charge in [0.15, 0.2) is 0 Å². The molecule has 0 aliphatic rings. The van der Waals surface area contributed by atoms with Gasteiger partial charge in [-0.2, -0.15) is 0 Å². The average Bonchev–Trinajstić information content (AvgIpc) is 2.35. The zero-order chi connectivity index (χ0) is 10.3. The van der Waals surface area contributed by atoms with Crippen LogP contribution in [0.2, 0.25) is 0 Å². The summed E-state index contributed by atoms with van der Waals surface area (Å²) in [6.45, 7) is 1.61. The molecular weight excluding hydrogens is 176 g/mol. The molecule has 0 atom stereocenters. The van der Waals surface area contributed by atoms with Gasteiger partial charge in [0.2, 0.25) is 6.33 Å². The first-order chi connectivity index (χ1) is 6.06. The summed E-state index contributed by atoms with van der Waals surface area (Å²) in [5.41, 5.74) is 5.34. The summed E-state index contributed by atoms with van der Waals surface area (Å²) in [5.74, 6) is 0. The quantitative estimate of drug-likeness (QED) is 0.366. The van der Waals surface area contributed by atoms with Crippen LogP contribution in [0.15, 0.2) is 18.7 Å². The molecule has 0 saturated heterocycles. The van der Waals surface area contributed by atoms with E-state index in [9.17, 15) is 0 Å². The van der Waals surface area contributed by atoms with E-state index < -0.39 is 5.09 Å². The number of aryl methyl sites for hydroxylation is 1. The van der Waals surface area contributed by atoms with E-state index in [4.69, 9.17) is 21.1 Å². The third-order valence-electron chi connectivity index (χ3n) is 1.21. The highest BCUT2D eigenvalue weighted by Gasteiger charge is 1.95. The van der Waals surface area contributed by atoms with Gasteiger partial charge >= 0.3 is 0 Å². The van der Waals surface area contributed by atoms with Gasteiger partial charge < -0.3 is 21.1 Å². The highest BCUT2D eigenvalue weighted by Crippen LogP contribution is 1.79. The first kappa shape index (κ1) is 11.4. The van der Waals surface area contributed by atoms with Crippen molar-refractivity contribution >= 4 is 0 Å². The molecule has 0 aliphatic carbocycles. The maximum atomic E-state index is 8.25. The topological polar surface area (TPSA) is 101 Å². The number of imidazole rings is 1. The molecule has 0 aliphatic heterocycles. The van der Waals surface area contributed by atoms with Crippen LogP contribution in [0.1, 0.15) is 0 Å². The fourth-order valence-corrected chi connectivity index (χ4v) is 0.783. The zero-order valence-electron chi connectivity index (χ0n) is 7.29. The summed E-state index contributed by atoms with van der Waals surface area (Å²) >= 11 is 0. The maximum Gasteiger partial charge on any atom is 0.243 e. The van der Waals surface area contributed by atoms with Gasteiger partial charge in [0.1, 0.15) is 18.9 Å². The lowest BCUT2D eigenvalue weighted by atomic mass is 10.6. The largest absolute Gasteiger partial charge is 0.356 e. The van der Waals surface area contributed by atoms with Gasteiger partial charge in [-0.25, -0.2) is 9.13 Å². The Labute approximate surface area is 75.1 Å². The van der Waals surface area contributed by atoms with Crippen LogP contribution in [0.4, 0.5) is 0 Å². The van der Waals surface area contributed by atoms with E-state index >= 15 is 0 Å². The van der Waals surface area contributed by atoms with Crippen LogP contribution in [0.25, 0.3) is 0 Å². The molecule has 1 aromatic rings. The van der Waals surface area contributed by atoms with Crippen molar-refractivity contribution in [3.63, 3.8) is 0 Å². The Kier molecular flexibility index (Phi) is 5.20. The smallest absolute Gasteiger partial charge is 0.243 e. The third-order valence-corrected chi connectivity index (χ3v) is 1.21. The lowest BCUT2D eigenvalue weighted by Gasteiger charge is -1.87. The van der Waals surface area contributed by atoms with Crippen LogP contribution in [-0.2, 0) is 13.6 Å². The van der Waals surface area contributed by atoms with Crippen molar-refractivity contribution in [1.29, 1.82) is 0 Å². The van der Waals surface area contributed by atoms with Crippen molar-refractivity contribution < 1.29 is 9.65 Å². The van der Waals surface area contributed by atoms with Crippen LogP contribution in [-0.4, -0.2) is 16.2 Å². The second-order valence-electron chi connectivity index (χ2n) is 2.33. The Bertz CT molecular complexity index is 256. The molecule has 0 unspecified atom stereocenters. The van der Waals surface area contributed by atoms with Crippen molar-refractivity contribution in [2.24, 2.45) is 12.8 Å². The predicted octanol–water partition coefficient (Wildman–Crippen LogP) is -0.968. The van der Waals surface area contributed by atoms with Crippen molar-refractivity contribution in [2.75, 3.05) is 6.54 Å². The maximum absolute atomic E-state index is 8.25. The standard InChI is InChI=1S/C6H12N3.NO3/c1-8-4-5-9(6-8)3-2-7;2-1(3)4/h4-6H,2-3,7H2,1H3;/q+1;-1. The van der Waals surface area contributed by atoms with Crippen molar-refractivity contribution in [3.05, 3.63) is 34.0 Å². The molecule has 0 amide bonds. The predicted molar refractivity (Wildman–Crippen MR) is 45.0 cm³/mol. The number of nitrogens with zero attached hydrogens (tertiary/aromatic N) is 3. The van der Waals surface area contributed by atoms with Gasteiger partial charge in [0.05, 0.1) is 12.1 Å². The first-order valence-corrected chi connectivity index (χ1v) is 3.59. The highest BCUT2D eigenvalue weighted by atomic mass is 16.9. The monoisotopic (exact) mass is 188 g/mol. The zero-order valence-corrected chi connectivity index (χ0v) is 7.29. The van der Waals surface area contributed by atoms with Gasteiger partial charge in [-0.1, -0.05) is 0 Å². The molecule has 0 radical (unpaired) electrons. The van der Waals surface area contributed by atoms with E-state index in [1.165, 1.54) is 0 Å². The molecule has 7 nitrogen and oxygen atoms in total. The van der Waals surface area contributed by atoms with Crippen LogP contribution in [0.5, 0.6) is 0 Å². The normalized spacial score (nSPS) is 8.77. The molecule has 0 spiro atoms. The third kappa shape index (κ3) is 6.76. The molecule has 1 heterocycles. The average molecular weight is 188 g/mol. The number of rotatable bonds is 2. The summed E-state index contributed by atoms with van der Waals surface area (Å²) < 4.78 is 4.05. The number of nitrogens with two attached hydrogens (primary N) is 1. The fraction of sp³-hybridized carbons (Fsp3) is 0.500. The Morgan fingerprint density at radius 2 is 2.15 bits per heavy atom.